The summed E-state index contributed by atoms with van der Waals surface area (Å²) in [6.07, 6.45) is 2.97. The maximum Gasteiger partial charge on any atom is 0.326 e. The maximum absolute atomic E-state index is 12.8. The van der Waals surface area contributed by atoms with E-state index in [0.717, 1.165) is 11.3 Å². The zero-order valence-electron chi connectivity index (χ0n) is 14.8. The molecule has 138 valence electrons. The van der Waals surface area contributed by atoms with Gasteiger partial charge in [-0.1, -0.05) is 0 Å². The predicted molar refractivity (Wildman–Crippen MR) is 92.9 cm³/mol. The van der Waals surface area contributed by atoms with Crippen LogP contribution in [0, 0.1) is 6.92 Å². The van der Waals surface area contributed by atoms with Crippen molar-refractivity contribution in [1.29, 1.82) is 0 Å². The average Bonchev–Trinajstić information content (AvgIpc) is 3.11. The summed E-state index contributed by atoms with van der Waals surface area (Å²) >= 11 is 0. The van der Waals surface area contributed by atoms with Crippen molar-refractivity contribution in [2.24, 2.45) is 0 Å². The molecule has 9 heteroatoms. The Labute approximate surface area is 150 Å². The zero-order valence-corrected chi connectivity index (χ0v) is 14.8. The monoisotopic (exact) mass is 359 g/mol. The average molecular weight is 359 g/mol. The highest BCUT2D eigenvalue weighted by Crippen LogP contribution is 2.17. The molecule has 0 bridgehead atoms. The van der Waals surface area contributed by atoms with Crippen molar-refractivity contribution in [3.05, 3.63) is 42.0 Å². The molecule has 0 fully saturated rings. The van der Waals surface area contributed by atoms with Crippen molar-refractivity contribution < 1.29 is 19.5 Å². The Bertz CT molecular complexity index is 803. The molecule has 1 atom stereocenters. The van der Waals surface area contributed by atoms with Crippen LogP contribution in [0.25, 0.3) is 5.69 Å². The number of carboxylic acid groups (broad SMARTS) is 1. The molecule has 0 saturated carbocycles. The fourth-order valence-corrected chi connectivity index (χ4v) is 2.50. The van der Waals surface area contributed by atoms with Crippen molar-refractivity contribution in [3.63, 3.8) is 0 Å². The second-order valence-electron chi connectivity index (χ2n) is 5.84. The van der Waals surface area contributed by atoms with E-state index in [1.165, 1.54) is 25.1 Å². The summed E-state index contributed by atoms with van der Waals surface area (Å²) in [5, 5.41) is 15.9. The molecule has 1 aromatic carbocycles. The Hall–Kier alpha value is -3.23. The summed E-state index contributed by atoms with van der Waals surface area (Å²) in [5.41, 5.74) is 1.93. The Morgan fingerprint density at radius 2 is 2.08 bits per heavy atom. The molecule has 1 unspecified atom stereocenters. The van der Waals surface area contributed by atoms with E-state index in [-0.39, 0.29) is 19.0 Å². The molecular weight excluding hydrogens is 338 g/mol. The topological polar surface area (TPSA) is 117 Å². The smallest absolute Gasteiger partial charge is 0.326 e. The summed E-state index contributed by atoms with van der Waals surface area (Å²) in [6.45, 7) is 4.89. The third-order valence-corrected chi connectivity index (χ3v) is 3.92. The van der Waals surface area contributed by atoms with Gasteiger partial charge in [-0.2, -0.15) is 5.10 Å². The summed E-state index contributed by atoms with van der Waals surface area (Å²) in [7, 11) is 0. The first-order valence-electron chi connectivity index (χ1n) is 8.05. The number of hydrogen-bond acceptors (Lipinski definition) is 5. The van der Waals surface area contributed by atoms with Crippen molar-refractivity contribution in [2.75, 3.05) is 13.1 Å². The SMILES string of the molecule is CC(=O)NCCN(C(=O)c1ccc(-n2cncn2)c(C)c1)C(C)C(=O)O. The van der Waals surface area contributed by atoms with Gasteiger partial charge in [0.2, 0.25) is 5.91 Å². The molecule has 2 aromatic rings. The van der Waals surface area contributed by atoms with Crippen LogP contribution in [-0.2, 0) is 9.59 Å². The lowest BCUT2D eigenvalue weighted by Gasteiger charge is -2.27. The van der Waals surface area contributed by atoms with Crippen LogP contribution in [0.5, 0.6) is 0 Å². The second-order valence-corrected chi connectivity index (χ2v) is 5.84. The van der Waals surface area contributed by atoms with Crippen LogP contribution in [-0.4, -0.2) is 61.7 Å². The molecule has 0 aliphatic rings. The maximum atomic E-state index is 12.8. The fourth-order valence-electron chi connectivity index (χ4n) is 2.50. The molecule has 2 N–H and O–H groups in total. The molecule has 0 spiro atoms. The first-order valence-corrected chi connectivity index (χ1v) is 8.05. The molecule has 2 rings (SSSR count). The number of carbonyl (C=O) groups is 3. The van der Waals surface area contributed by atoms with Crippen LogP contribution < -0.4 is 5.32 Å². The standard InChI is InChI=1S/C17H21N5O4/c1-11-8-14(4-5-15(11)22-10-18-9-20-22)16(24)21(12(2)17(25)26)7-6-19-13(3)23/h4-5,8-10,12H,6-7H2,1-3H3,(H,19,23)(H,25,26). The van der Waals surface area contributed by atoms with E-state index in [1.807, 2.05) is 6.92 Å². The molecule has 2 amide bonds. The summed E-state index contributed by atoms with van der Waals surface area (Å²) in [4.78, 5) is 40.3. The van der Waals surface area contributed by atoms with Crippen molar-refractivity contribution in [2.45, 2.75) is 26.8 Å². The van der Waals surface area contributed by atoms with Crippen LogP contribution in [0.4, 0.5) is 0 Å². The van der Waals surface area contributed by atoms with E-state index in [0.29, 0.717) is 5.56 Å². The molecule has 1 aromatic heterocycles. The number of rotatable bonds is 7. The number of nitrogens with one attached hydrogen (secondary N) is 1. The van der Waals surface area contributed by atoms with Gasteiger partial charge in [0.25, 0.3) is 5.91 Å². The van der Waals surface area contributed by atoms with Gasteiger partial charge in [-0.05, 0) is 37.6 Å². The Kier molecular flexibility index (Phi) is 6.05. The van der Waals surface area contributed by atoms with Crippen molar-refractivity contribution in [3.8, 4) is 5.69 Å². The first-order chi connectivity index (χ1) is 12.3. The molecule has 0 radical (unpaired) electrons. The highest BCUT2D eigenvalue weighted by atomic mass is 16.4. The predicted octanol–water partition coefficient (Wildman–Crippen LogP) is 0.627. The number of hydrogen-bond donors (Lipinski definition) is 2. The van der Waals surface area contributed by atoms with Crippen LogP contribution in [0.2, 0.25) is 0 Å². The van der Waals surface area contributed by atoms with Crippen LogP contribution in [0.15, 0.2) is 30.9 Å². The van der Waals surface area contributed by atoms with E-state index < -0.39 is 17.9 Å². The van der Waals surface area contributed by atoms with E-state index in [1.54, 1.807) is 29.2 Å². The number of aromatic nitrogens is 3. The molecular formula is C17H21N5O4. The van der Waals surface area contributed by atoms with E-state index >= 15 is 0 Å². The lowest BCUT2D eigenvalue weighted by molar-refractivity contribution is -0.141. The Balaban J connectivity index is 2.25. The summed E-state index contributed by atoms with van der Waals surface area (Å²) < 4.78 is 1.58. The fraction of sp³-hybridized carbons (Fsp3) is 0.353. The third-order valence-electron chi connectivity index (χ3n) is 3.92. The van der Waals surface area contributed by atoms with Gasteiger partial charge in [-0.3, -0.25) is 9.59 Å². The molecule has 26 heavy (non-hydrogen) atoms. The lowest BCUT2D eigenvalue weighted by atomic mass is 10.1. The Morgan fingerprint density at radius 3 is 2.62 bits per heavy atom. The van der Waals surface area contributed by atoms with Gasteiger partial charge >= 0.3 is 5.97 Å². The molecule has 0 aliphatic carbocycles. The zero-order chi connectivity index (χ0) is 19.3. The molecule has 0 aliphatic heterocycles. The van der Waals surface area contributed by atoms with Gasteiger partial charge in [0, 0.05) is 25.6 Å². The lowest BCUT2D eigenvalue weighted by Crippen LogP contribution is -2.46. The van der Waals surface area contributed by atoms with Crippen LogP contribution in [0.3, 0.4) is 0 Å². The molecule has 1 heterocycles. The highest BCUT2D eigenvalue weighted by Gasteiger charge is 2.26. The number of amides is 2. The molecule has 0 saturated heterocycles. The largest absolute Gasteiger partial charge is 0.480 e. The number of carboxylic acids is 1. The van der Waals surface area contributed by atoms with Gasteiger partial charge < -0.3 is 15.3 Å². The third kappa shape index (κ3) is 4.44. The number of carbonyl (C=O) groups excluding carboxylic acids is 2. The van der Waals surface area contributed by atoms with Gasteiger partial charge in [-0.15, -0.1) is 0 Å². The van der Waals surface area contributed by atoms with E-state index in [4.69, 9.17) is 0 Å². The van der Waals surface area contributed by atoms with Gasteiger partial charge in [-0.25, -0.2) is 14.5 Å². The van der Waals surface area contributed by atoms with E-state index in [9.17, 15) is 19.5 Å². The first kappa shape index (κ1) is 19.1. The number of nitrogens with zero attached hydrogens (tertiary/aromatic N) is 4. The quantitative estimate of drug-likeness (QED) is 0.749. The van der Waals surface area contributed by atoms with Crippen LogP contribution >= 0.6 is 0 Å². The van der Waals surface area contributed by atoms with Crippen molar-refractivity contribution in [1.82, 2.24) is 25.0 Å². The van der Waals surface area contributed by atoms with E-state index in [2.05, 4.69) is 15.4 Å². The highest BCUT2D eigenvalue weighted by molar-refractivity contribution is 5.97. The van der Waals surface area contributed by atoms with Gasteiger partial charge in [0.05, 0.1) is 5.69 Å². The minimum absolute atomic E-state index is 0.0930. The van der Waals surface area contributed by atoms with Crippen molar-refractivity contribution >= 4 is 17.8 Å². The number of benzene rings is 1. The molecule has 9 nitrogen and oxygen atoms in total. The minimum atomic E-state index is -1.11. The summed E-state index contributed by atoms with van der Waals surface area (Å²) in [6, 6.07) is 4.01. The van der Waals surface area contributed by atoms with Gasteiger partial charge in [0.1, 0.15) is 18.7 Å². The summed E-state index contributed by atoms with van der Waals surface area (Å²) in [5.74, 6) is -1.77. The van der Waals surface area contributed by atoms with Gasteiger partial charge in [0.15, 0.2) is 0 Å². The number of aryl methyl sites for hydroxylation is 1. The second kappa shape index (κ2) is 8.24. The normalized spacial score (nSPS) is 11.7. The van der Waals surface area contributed by atoms with Crippen LogP contribution in [0.1, 0.15) is 29.8 Å². The number of aliphatic carboxylic acids is 1. The minimum Gasteiger partial charge on any atom is -0.480 e. The Morgan fingerprint density at radius 1 is 1.35 bits per heavy atom.